The summed E-state index contributed by atoms with van der Waals surface area (Å²) in [5.41, 5.74) is -1.48. The number of fused-ring (bicyclic) bond motifs is 1. The zero-order valence-corrected chi connectivity index (χ0v) is 22.1. The molecular formula is C25H42F4O3Si. The van der Waals surface area contributed by atoms with Crippen molar-refractivity contribution in [2.24, 2.45) is 23.2 Å². The van der Waals surface area contributed by atoms with Crippen molar-refractivity contribution in [2.75, 3.05) is 6.61 Å². The number of rotatable bonds is 11. The van der Waals surface area contributed by atoms with Crippen LogP contribution in [-0.4, -0.2) is 39.3 Å². The number of hydrogen-bond donors (Lipinski definition) is 0. The van der Waals surface area contributed by atoms with E-state index in [9.17, 15) is 22.4 Å². The van der Waals surface area contributed by atoms with E-state index in [2.05, 4.69) is 13.8 Å². The fraction of sp³-hybridized carbons (Fsp3) is 0.880. The lowest BCUT2D eigenvalue weighted by molar-refractivity contribution is -0.169. The molecule has 1 unspecified atom stereocenters. The summed E-state index contributed by atoms with van der Waals surface area (Å²) in [6.45, 7) is 11.5. The Morgan fingerprint density at radius 2 is 1.85 bits per heavy atom. The first-order valence-electron chi connectivity index (χ1n) is 12.4. The van der Waals surface area contributed by atoms with Gasteiger partial charge in [0.1, 0.15) is 0 Å². The highest BCUT2D eigenvalue weighted by molar-refractivity contribution is 6.69. The first-order chi connectivity index (χ1) is 15.3. The summed E-state index contributed by atoms with van der Waals surface area (Å²) in [6, 6.07) is 0. The maximum absolute atomic E-state index is 13.8. The number of esters is 1. The minimum Gasteiger partial charge on any atom is -0.463 e. The predicted octanol–water partition coefficient (Wildman–Crippen LogP) is 7.62. The Balaban J connectivity index is 2.08. The van der Waals surface area contributed by atoms with Crippen molar-refractivity contribution in [3.8, 4) is 0 Å². The van der Waals surface area contributed by atoms with Crippen LogP contribution in [-0.2, 0) is 14.0 Å². The number of halogens is 4. The first kappa shape index (κ1) is 28.3. The summed E-state index contributed by atoms with van der Waals surface area (Å²) >= 11 is 0. The smallest absolute Gasteiger partial charge is 0.330 e. The monoisotopic (exact) mass is 494 g/mol. The molecule has 0 aromatic carbocycles. The van der Waals surface area contributed by atoms with Crippen molar-refractivity contribution in [2.45, 2.75) is 110 Å². The highest BCUT2D eigenvalue weighted by atomic mass is 28.4. The Labute approximate surface area is 197 Å². The molecule has 192 valence electrons. The molecule has 0 aromatic rings. The SMILES string of the molecule is CCOC(=O)C=C1CCC[C@]2(C)[C@@H](C(C)CCCC(O[Si](C)(C)C)(C(F)F)C(F)F)CC[C@@H]12. The average Bonchev–Trinajstić information content (AvgIpc) is 3.04. The zero-order valence-electron chi connectivity index (χ0n) is 21.1. The molecule has 2 aliphatic carbocycles. The average molecular weight is 495 g/mol. The summed E-state index contributed by atoms with van der Waals surface area (Å²) in [4.78, 5) is 12.0. The van der Waals surface area contributed by atoms with E-state index in [-0.39, 0.29) is 30.1 Å². The van der Waals surface area contributed by atoms with Gasteiger partial charge in [-0.2, -0.15) is 0 Å². The molecule has 0 bridgehead atoms. The number of carbonyl (C=O) groups excluding carboxylic acids is 1. The molecule has 0 N–H and O–H groups in total. The van der Waals surface area contributed by atoms with E-state index in [4.69, 9.17) is 9.16 Å². The van der Waals surface area contributed by atoms with Gasteiger partial charge in [0.05, 0.1) is 6.61 Å². The van der Waals surface area contributed by atoms with Gasteiger partial charge in [0.2, 0.25) is 0 Å². The molecule has 0 aromatic heterocycles. The lowest BCUT2D eigenvalue weighted by Gasteiger charge is -2.44. The van der Waals surface area contributed by atoms with E-state index in [1.54, 1.807) is 32.6 Å². The van der Waals surface area contributed by atoms with Gasteiger partial charge in [0.25, 0.3) is 12.9 Å². The van der Waals surface area contributed by atoms with Gasteiger partial charge in [0.15, 0.2) is 13.9 Å². The predicted molar refractivity (Wildman–Crippen MR) is 125 cm³/mol. The van der Waals surface area contributed by atoms with E-state index >= 15 is 0 Å². The third-order valence-electron chi connectivity index (χ3n) is 7.78. The Morgan fingerprint density at radius 1 is 1.21 bits per heavy atom. The minimum atomic E-state index is -3.22. The van der Waals surface area contributed by atoms with Crippen molar-refractivity contribution in [3.05, 3.63) is 11.6 Å². The van der Waals surface area contributed by atoms with E-state index in [1.807, 2.05) is 0 Å². The summed E-state index contributed by atoms with van der Waals surface area (Å²) in [7, 11) is -2.59. The molecule has 2 saturated carbocycles. The van der Waals surface area contributed by atoms with Crippen LogP contribution >= 0.6 is 0 Å². The van der Waals surface area contributed by atoms with Crippen LogP contribution in [0.4, 0.5) is 17.6 Å². The molecule has 8 heteroatoms. The maximum Gasteiger partial charge on any atom is 0.330 e. The van der Waals surface area contributed by atoms with E-state index in [0.717, 1.165) is 37.7 Å². The van der Waals surface area contributed by atoms with Crippen molar-refractivity contribution in [1.82, 2.24) is 0 Å². The van der Waals surface area contributed by atoms with Crippen LogP contribution in [0.2, 0.25) is 19.6 Å². The van der Waals surface area contributed by atoms with Crippen molar-refractivity contribution >= 4 is 14.3 Å². The maximum atomic E-state index is 13.8. The van der Waals surface area contributed by atoms with Gasteiger partial charge >= 0.3 is 5.97 Å². The zero-order chi connectivity index (χ0) is 25.0. The summed E-state index contributed by atoms with van der Waals surface area (Å²) in [5, 5.41) is 0. The first-order valence-corrected chi connectivity index (χ1v) is 15.8. The fourth-order valence-corrected chi connectivity index (χ4v) is 7.87. The third-order valence-corrected chi connectivity index (χ3v) is 8.77. The number of allylic oxidation sites excluding steroid dienone is 1. The van der Waals surface area contributed by atoms with Gasteiger partial charge in [-0.25, -0.2) is 22.4 Å². The van der Waals surface area contributed by atoms with Crippen molar-refractivity contribution in [3.63, 3.8) is 0 Å². The molecule has 2 fully saturated rings. The van der Waals surface area contributed by atoms with Crippen LogP contribution < -0.4 is 0 Å². The van der Waals surface area contributed by atoms with Crippen molar-refractivity contribution in [1.29, 1.82) is 0 Å². The highest BCUT2D eigenvalue weighted by Gasteiger charge is 2.53. The minimum absolute atomic E-state index is 0.0351. The van der Waals surface area contributed by atoms with Crippen LogP contribution in [0.25, 0.3) is 0 Å². The summed E-state index contributed by atoms with van der Waals surface area (Å²) < 4.78 is 65.8. The molecular weight excluding hydrogens is 452 g/mol. The molecule has 0 radical (unpaired) electrons. The largest absolute Gasteiger partial charge is 0.463 e. The molecule has 2 aliphatic rings. The number of carbonyl (C=O) groups is 1. The van der Waals surface area contributed by atoms with Crippen LogP contribution in [0, 0.1) is 23.2 Å². The second-order valence-electron chi connectivity index (χ2n) is 11.2. The lowest BCUT2D eigenvalue weighted by Crippen LogP contribution is -2.53. The Bertz CT molecular complexity index is 684. The fourth-order valence-electron chi connectivity index (χ4n) is 6.45. The van der Waals surface area contributed by atoms with E-state index < -0.39 is 26.8 Å². The standard InChI is InChI=1S/C25H42F4O3Si/c1-7-31-21(30)16-18-11-9-14-24(3)19(12-13-20(18)24)17(2)10-8-15-25(22(26)27,23(28)29)32-33(4,5)6/h16-17,19-20,22-23H,7-15H2,1-6H3/t17?,19-,20+,24-/m1/s1. The normalized spacial score (nSPS) is 28.4. The number of hydrogen-bond acceptors (Lipinski definition) is 3. The number of ether oxygens (including phenoxy) is 1. The highest BCUT2D eigenvalue weighted by Crippen LogP contribution is 2.60. The number of alkyl halides is 4. The van der Waals surface area contributed by atoms with Gasteiger partial charge < -0.3 is 9.16 Å². The van der Waals surface area contributed by atoms with Gasteiger partial charge in [-0.1, -0.05) is 25.8 Å². The Kier molecular flexibility index (Phi) is 9.65. The van der Waals surface area contributed by atoms with Gasteiger partial charge in [-0.05, 0) is 94.7 Å². The molecule has 0 saturated heterocycles. The molecule has 33 heavy (non-hydrogen) atoms. The molecule has 3 nitrogen and oxygen atoms in total. The summed E-state index contributed by atoms with van der Waals surface area (Å²) in [5.74, 6) is 0.631. The topological polar surface area (TPSA) is 35.5 Å². The Hall–Kier alpha value is -0.893. The van der Waals surface area contributed by atoms with E-state index in [1.165, 1.54) is 0 Å². The van der Waals surface area contributed by atoms with Crippen LogP contribution in [0.15, 0.2) is 11.6 Å². The Morgan fingerprint density at radius 3 is 2.39 bits per heavy atom. The molecule has 0 aliphatic heterocycles. The molecule has 0 heterocycles. The van der Waals surface area contributed by atoms with Gasteiger partial charge in [-0.3, -0.25) is 0 Å². The quantitative estimate of drug-likeness (QED) is 0.128. The van der Waals surface area contributed by atoms with Crippen LogP contribution in [0.3, 0.4) is 0 Å². The summed E-state index contributed by atoms with van der Waals surface area (Å²) in [6.07, 6.45) is 0.751. The van der Waals surface area contributed by atoms with Crippen molar-refractivity contribution < 1.29 is 31.5 Å². The van der Waals surface area contributed by atoms with Gasteiger partial charge in [-0.15, -0.1) is 0 Å². The second-order valence-corrected chi connectivity index (χ2v) is 15.6. The third kappa shape index (κ3) is 6.62. The van der Waals surface area contributed by atoms with E-state index in [0.29, 0.717) is 24.9 Å². The van der Waals surface area contributed by atoms with Crippen LogP contribution in [0.1, 0.15) is 72.1 Å². The molecule has 4 atom stereocenters. The molecule has 0 spiro atoms. The van der Waals surface area contributed by atoms with Crippen LogP contribution in [0.5, 0.6) is 0 Å². The van der Waals surface area contributed by atoms with Gasteiger partial charge in [0, 0.05) is 6.08 Å². The molecule has 2 rings (SSSR count). The second kappa shape index (κ2) is 11.2. The molecule has 0 amide bonds. The lowest BCUT2D eigenvalue weighted by atomic mass is 9.60.